The van der Waals surface area contributed by atoms with Crippen LogP contribution in [0.4, 0.5) is 0 Å². The van der Waals surface area contributed by atoms with Crippen LogP contribution in [0.1, 0.15) is 0 Å². The lowest BCUT2D eigenvalue weighted by Crippen LogP contribution is -2.08. The molecule has 0 spiro atoms. The van der Waals surface area contributed by atoms with Gasteiger partial charge in [0, 0.05) is 18.6 Å². The third-order valence-electron chi connectivity index (χ3n) is 1.43. The predicted octanol–water partition coefficient (Wildman–Crippen LogP) is 0.770. The molecule has 0 aromatic rings. The van der Waals surface area contributed by atoms with E-state index in [4.69, 9.17) is 0 Å². The molecular weight excluding hydrogens is 126 g/mol. The molecule has 0 saturated carbocycles. The maximum atomic E-state index is 4.08. The van der Waals surface area contributed by atoms with Crippen molar-refractivity contribution in [2.45, 2.75) is 0 Å². The van der Waals surface area contributed by atoms with Crippen LogP contribution in [-0.4, -0.2) is 24.0 Å². The van der Waals surface area contributed by atoms with Gasteiger partial charge in [0.05, 0.1) is 18.6 Å². The van der Waals surface area contributed by atoms with Crippen LogP contribution in [0.3, 0.4) is 0 Å². The van der Waals surface area contributed by atoms with Gasteiger partial charge in [0.25, 0.3) is 0 Å². The summed E-state index contributed by atoms with van der Waals surface area (Å²) in [4.78, 5) is 10.1. The Bertz CT molecular complexity index is 248. The third-order valence-corrected chi connectivity index (χ3v) is 1.43. The average Bonchev–Trinajstić information content (AvgIpc) is 2.28. The van der Waals surface area contributed by atoms with E-state index in [1.54, 1.807) is 12.6 Å². The minimum absolute atomic E-state index is 0.752. The second-order valence-corrected chi connectivity index (χ2v) is 2.12. The van der Waals surface area contributed by atoms with Crippen LogP contribution in [0, 0.1) is 0 Å². The van der Waals surface area contributed by atoms with Crippen molar-refractivity contribution >= 4 is 12.6 Å². The van der Waals surface area contributed by atoms with Gasteiger partial charge in [-0.15, -0.1) is 0 Å². The Hall–Kier alpha value is -1.38. The van der Waals surface area contributed by atoms with E-state index in [1.807, 2.05) is 23.4 Å². The van der Waals surface area contributed by atoms with E-state index in [1.165, 1.54) is 0 Å². The van der Waals surface area contributed by atoms with Gasteiger partial charge >= 0.3 is 0 Å². The van der Waals surface area contributed by atoms with E-state index in [-0.39, 0.29) is 0 Å². The summed E-state index contributed by atoms with van der Waals surface area (Å²) in [5.74, 6) is 0. The number of rotatable bonds is 0. The first-order chi connectivity index (χ1) is 4.97. The van der Waals surface area contributed by atoms with Crippen LogP contribution < -0.4 is 0 Å². The number of allylic oxidation sites excluding steroid dienone is 1. The summed E-state index contributed by atoms with van der Waals surface area (Å²) in [6.45, 7) is 0.752. The zero-order valence-electron chi connectivity index (χ0n) is 5.44. The number of fused-ring (bicyclic) bond motifs is 1. The summed E-state index contributed by atoms with van der Waals surface area (Å²) >= 11 is 0. The molecular formula is C7H7N3. The molecule has 0 atom stereocenters. The fraction of sp³-hybridized carbons (Fsp3) is 0.143. The van der Waals surface area contributed by atoms with E-state index in [2.05, 4.69) is 9.98 Å². The van der Waals surface area contributed by atoms with Gasteiger partial charge in [-0.1, -0.05) is 0 Å². The van der Waals surface area contributed by atoms with Crippen molar-refractivity contribution in [2.24, 2.45) is 9.98 Å². The van der Waals surface area contributed by atoms with Crippen molar-refractivity contribution < 1.29 is 0 Å². The van der Waals surface area contributed by atoms with Gasteiger partial charge in [-0.2, -0.15) is 0 Å². The Labute approximate surface area is 59.1 Å². The molecule has 3 heteroatoms. The molecule has 0 unspecified atom stereocenters. The molecule has 0 radical (unpaired) electrons. The maximum absolute atomic E-state index is 4.08. The Kier molecular flexibility index (Phi) is 1.13. The van der Waals surface area contributed by atoms with Crippen molar-refractivity contribution in [1.29, 1.82) is 0 Å². The fourth-order valence-corrected chi connectivity index (χ4v) is 0.930. The van der Waals surface area contributed by atoms with Crippen molar-refractivity contribution in [3.63, 3.8) is 0 Å². The van der Waals surface area contributed by atoms with Gasteiger partial charge in [0.1, 0.15) is 0 Å². The summed E-state index contributed by atoms with van der Waals surface area (Å²) < 4.78 is 0. The number of hydrogen-bond donors (Lipinski definition) is 0. The standard InChI is InChI=1S/C7H7N3/c1-2-8-4-7-5-9-6-10(7)3-1/h1-4,6H,5H2. The summed E-state index contributed by atoms with van der Waals surface area (Å²) in [6, 6.07) is 0. The zero-order valence-corrected chi connectivity index (χ0v) is 5.44. The van der Waals surface area contributed by atoms with Crippen molar-refractivity contribution in [3.05, 3.63) is 24.2 Å². The SMILES string of the molecule is C1=CN2C=NCC2=CN=C1. The van der Waals surface area contributed by atoms with E-state index in [0.29, 0.717) is 0 Å². The lowest BCUT2D eigenvalue weighted by atomic mass is 10.4. The van der Waals surface area contributed by atoms with Crippen molar-refractivity contribution in [2.75, 3.05) is 6.54 Å². The number of nitrogens with zero attached hydrogens (tertiary/aromatic N) is 3. The Morgan fingerprint density at radius 3 is 3.50 bits per heavy atom. The molecule has 0 N–H and O–H groups in total. The molecule has 0 aliphatic carbocycles. The first-order valence-corrected chi connectivity index (χ1v) is 3.14. The number of aliphatic imine (C=N–C) groups is 2. The molecule has 2 aliphatic rings. The molecule has 0 amide bonds. The molecule has 0 fully saturated rings. The maximum Gasteiger partial charge on any atom is 0.0938 e. The third kappa shape index (κ3) is 0.757. The summed E-state index contributed by atoms with van der Waals surface area (Å²) in [5.41, 5.74) is 1.13. The Morgan fingerprint density at radius 2 is 2.50 bits per heavy atom. The molecule has 2 rings (SSSR count). The van der Waals surface area contributed by atoms with Crippen molar-refractivity contribution in [1.82, 2.24) is 4.90 Å². The summed E-state index contributed by atoms with van der Waals surface area (Å²) in [7, 11) is 0. The molecule has 10 heavy (non-hydrogen) atoms. The van der Waals surface area contributed by atoms with Crippen LogP contribution in [-0.2, 0) is 0 Å². The van der Waals surface area contributed by atoms with E-state index in [9.17, 15) is 0 Å². The molecule has 2 aliphatic heterocycles. The highest BCUT2D eigenvalue weighted by atomic mass is 15.2. The molecule has 0 aromatic carbocycles. The minimum atomic E-state index is 0.752. The molecule has 50 valence electrons. The zero-order chi connectivity index (χ0) is 6.81. The largest absolute Gasteiger partial charge is 0.308 e. The molecule has 0 saturated heterocycles. The van der Waals surface area contributed by atoms with E-state index >= 15 is 0 Å². The predicted molar refractivity (Wildman–Crippen MR) is 40.9 cm³/mol. The highest BCUT2D eigenvalue weighted by Gasteiger charge is 2.09. The lowest BCUT2D eigenvalue weighted by Gasteiger charge is -2.06. The first kappa shape index (κ1) is 5.41. The molecule has 0 bridgehead atoms. The average molecular weight is 133 g/mol. The topological polar surface area (TPSA) is 28.0 Å². The van der Waals surface area contributed by atoms with Crippen LogP contribution in [0.15, 0.2) is 34.2 Å². The van der Waals surface area contributed by atoms with Crippen LogP contribution in [0.2, 0.25) is 0 Å². The van der Waals surface area contributed by atoms with Crippen LogP contribution in [0.25, 0.3) is 0 Å². The quantitative estimate of drug-likeness (QED) is 0.479. The van der Waals surface area contributed by atoms with E-state index in [0.717, 1.165) is 12.2 Å². The smallest absolute Gasteiger partial charge is 0.0938 e. The van der Waals surface area contributed by atoms with Gasteiger partial charge in [-0.05, 0) is 6.08 Å². The minimum Gasteiger partial charge on any atom is -0.308 e. The first-order valence-electron chi connectivity index (χ1n) is 3.14. The van der Waals surface area contributed by atoms with Crippen molar-refractivity contribution in [3.8, 4) is 0 Å². The molecule has 0 aromatic heterocycles. The van der Waals surface area contributed by atoms with Gasteiger partial charge in [0.2, 0.25) is 0 Å². The summed E-state index contributed by atoms with van der Waals surface area (Å²) in [5, 5.41) is 0. The molecule has 2 heterocycles. The number of hydrogen-bond acceptors (Lipinski definition) is 3. The second-order valence-electron chi connectivity index (χ2n) is 2.12. The monoisotopic (exact) mass is 133 g/mol. The van der Waals surface area contributed by atoms with Gasteiger partial charge in [-0.3, -0.25) is 9.98 Å². The second kappa shape index (κ2) is 2.10. The summed E-state index contributed by atoms with van der Waals surface area (Å²) in [6.07, 6.45) is 9.23. The van der Waals surface area contributed by atoms with Crippen LogP contribution in [0.5, 0.6) is 0 Å². The van der Waals surface area contributed by atoms with Gasteiger partial charge < -0.3 is 4.90 Å². The lowest BCUT2D eigenvalue weighted by molar-refractivity contribution is 0.731. The van der Waals surface area contributed by atoms with Crippen LogP contribution >= 0.6 is 0 Å². The Balaban J connectivity index is 2.35. The van der Waals surface area contributed by atoms with Gasteiger partial charge in [-0.25, -0.2) is 0 Å². The molecule has 3 nitrogen and oxygen atoms in total. The highest BCUT2D eigenvalue weighted by Crippen LogP contribution is 2.10. The highest BCUT2D eigenvalue weighted by molar-refractivity contribution is 5.75. The van der Waals surface area contributed by atoms with E-state index < -0.39 is 0 Å². The normalized spacial score (nSPS) is 20.8. The fourth-order valence-electron chi connectivity index (χ4n) is 0.930. The van der Waals surface area contributed by atoms with Gasteiger partial charge in [0.15, 0.2) is 0 Å². The Morgan fingerprint density at radius 1 is 1.50 bits per heavy atom.